The van der Waals surface area contributed by atoms with Crippen LogP contribution < -0.4 is 16.4 Å². The number of alkyl carbamates (subject to hydrolysis) is 2. The molecule has 0 bridgehead atoms. The second-order valence-electron chi connectivity index (χ2n) is 11.7. The minimum absolute atomic E-state index is 0.362. The fourth-order valence-electron chi connectivity index (χ4n) is 3.30. The third kappa shape index (κ3) is 25.4. The summed E-state index contributed by atoms with van der Waals surface area (Å²) in [7, 11) is 3.40. The molecular weight excluding hydrogens is 614 g/mol. The quantitative estimate of drug-likeness (QED) is 0.131. The maximum Gasteiger partial charge on any atom is 0.407 e. The fourth-order valence-corrected chi connectivity index (χ4v) is 3.62. The lowest BCUT2D eigenvalue weighted by Crippen LogP contribution is -2.33. The summed E-state index contributed by atoms with van der Waals surface area (Å²) in [5.41, 5.74) is 9.08. The van der Waals surface area contributed by atoms with E-state index in [-0.39, 0.29) is 12.2 Å². The fraction of sp³-hybridized carbons (Fsp3) is 0.576. The third-order valence-electron chi connectivity index (χ3n) is 5.26. The van der Waals surface area contributed by atoms with Crippen molar-refractivity contribution < 1.29 is 28.5 Å². The molecule has 0 saturated carbocycles. The van der Waals surface area contributed by atoms with E-state index < -0.39 is 11.2 Å². The van der Waals surface area contributed by atoms with Crippen LogP contribution in [-0.4, -0.2) is 69.2 Å². The van der Waals surface area contributed by atoms with Gasteiger partial charge in [-0.2, -0.15) is 0 Å². The molecule has 0 unspecified atom stereocenters. The number of nitrogens with two attached hydrogens (primary N) is 1. The molecule has 0 saturated heterocycles. The van der Waals surface area contributed by atoms with Crippen LogP contribution >= 0.6 is 15.9 Å². The summed E-state index contributed by atoms with van der Waals surface area (Å²) in [6, 6.07) is 16.1. The summed E-state index contributed by atoms with van der Waals surface area (Å²) < 4.78 is 20.0. The Morgan fingerprint density at radius 1 is 0.674 bits per heavy atom. The number of amides is 2. The number of ether oxygens (including phenoxy) is 4. The van der Waals surface area contributed by atoms with Crippen LogP contribution in [0.2, 0.25) is 0 Å². The molecule has 2 aromatic carbocycles. The molecule has 2 rings (SSSR count). The molecule has 0 spiro atoms. The van der Waals surface area contributed by atoms with E-state index in [1.165, 1.54) is 11.1 Å². The first-order chi connectivity index (χ1) is 20.2. The van der Waals surface area contributed by atoms with Crippen molar-refractivity contribution in [2.45, 2.75) is 78.4 Å². The molecule has 0 aliphatic rings. The van der Waals surface area contributed by atoms with Gasteiger partial charge in [0, 0.05) is 44.9 Å². The van der Waals surface area contributed by atoms with E-state index >= 15 is 0 Å². The number of nitrogen functional groups attached to an aromatic ring is 1. The molecule has 2 amide bonds. The Balaban J connectivity index is 0.000000720. The van der Waals surface area contributed by atoms with Gasteiger partial charge in [-0.05, 0) is 96.0 Å². The van der Waals surface area contributed by atoms with Gasteiger partial charge >= 0.3 is 12.2 Å². The van der Waals surface area contributed by atoms with E-state index in [0.29, 0.717) is 13.1 Å². The van der Waals surface area contributed by atoms with Gasteiger partial charge in [0.25, 0.3) is 0 Å². The van der Waals surface area contributed by atoms with Crippen LogP contribution in [0.1, 0.15) is 64.7 Å². The summed E-state index contributed by atoms with van der Waals surface area (Å²) in [6.07, 6.45) is 2.89. The van der Waals surface area contributed by atoms with Crippen LogP contribution in [0.4, 0.5) is 15.3 Å². The molecule has 10 heteroatoms. The highest BCUT2D eigenvalue weighted by atomic mass is 79.9. The first-order valence-electron chi connectivity index (χ1n) is 14.6. The summed E-state index contributed by atoms with van der Waals surface area (Å²) in [6.45, 7) is 13.8. The zero-order valence-corrected chi connectivity index (χ0v) is 29.0. The van der Waals surface area contributed by atoms with Crippen molar-refractivity contribution in [3.8, 4) is 0 Å². The number of aryl methyl sites for hydroxylation is 1. The SMILES string of the molecule is CC(C)(C)OC(=O)NCCc1ccc(N)cc1.COCCBr.COCCCc1ccc(CCNC(=O)OC(C)(C)C)cc1. The number of halogens is 1. The standard InChI is InChI=1S/C17H27NO3.C13H20N2O2.C3H7BrO/c1-17(2,3)21-16(19)18-12-11-15-9-7-14(8-10-15)6-5-13-20-4;1-13(2,3)17-12(16)15-9-8-10-4-6-11(14)7-5-10;1-5-3-2-4/h7-10H,5-6,11-13H2,1-4H3,(H,18,19);4-7H,8-9,14H2,1-3H3,(H,15,16);2-3H2,1H3. The van der Waals surface area contributed by atoms with Gasteiger partial charge in [-0.25, -0.2) is 9.59 Å². The van der Waals surface area contributed by atoms with E-state index in [9.17, 15) is 9.59 Å². The number of alkyl halides is 1. The topological polar surface area (TPSA) is 121 Å². The van der Waals surface area contributed by atoms with Gasteiger partial charge < -0.3 is 35.3 Å². The van der Waals surface area contributed by atoms with Crippen molar-refractivity contribution in [1.29, 1.82) is 0 Å². The Morgan fingerprint density at radius 3 is 1.37 bits per heavy atom. The third-order valence-corrected chi connectivity index (χ3v) is 5.59. The number of hydrogen-bond donors (Lipinski definition) is 3. The Kier molecular flexibility index (Phi) is 21.2. The number of anilines is 1. The largest absolute Gasteiger partial charge is 0.444 e. The van der Waals surface area contributed by atoms with E-state index in [1.807, 2.05) is 65.8 Å². The Bertz CT molecular complexity index is 1000. The van der Waals surface area contributed by atoms with Gasteiger partial charge in [0.05, 0.1) is 6.61 Å². The Hall–Kier alpha value is -2.82. The van der Waals surface area contributed by atoms with Crippen molar-refractivity contribution >= 4 is 33.8 Å². The van der Waals surface area contributed by atoms with Crippen LogP contribution in [0.5, 0.6) is 0 Å². The molecule has 4 N–H and O–H groups in total. The lowest BCUT2D eigenvalue weighted by molar-refractivity contribution is 0.0517. The monoisotopic (exact) mass is 667 g/mol. The summed E-state index contributed by atoms with van der Waals surface area (Å²) in [5.74, 6) is 0. The predicted octanol–water partition coefficient (Wildman–Crippen LogP) is 6.70. The summed E-state index contributed by atoms with van der Waals surface area (Å²) >= 11 is 3.18. The van der Waals surface area contributed by atoms with Crippen LogP contribution in [-0.2, 0) is 38.2 Å². The molecule has 43 heavy (non-hydrogen) atoms. The minimum atomic E-state index is -0.453. The van der Waals surface area contributed by atoms with E-state index in [1.54, 1.807) is 14.2 Å². The molecule has 0 aromatic heterocycles. The van der Waals surface area contributed by atoms with Crippen LogP contribution in [0.3, 0.4) is 0 Å². The second kappa shape index (κ2) is 22.7. The van der Waals surface area contributed by atoms with E-state index in [4.69, 9.17) is 19.9 Å². The number of hydrogen-bond acceptors (Lipinski definition) is 7. The smallest absolute Gasteiger partial charge is 0.407 e. The van der Waals surface area contributed by atoms with Crippen molar-refractivity contribution in [3.05, 3.63) is 65.2 Å². The number of carbonyl (C=O) groups is 2. The van der Waals surface area contributed by atoms with Crippen molar-refractivity contribution in [2.75, 3.05) is 51.6 Å². The molecule has 244 valence electrons. The van der Waals surface area contributed by atoms with Gasteiger partial charge in [-0.15, -0.1) is 0 Å². The van der Waals surface area contributed by atoms with E-state index in [0.717, 1.165) is 55.5 Å². The van der Waals surface area contributed by atoms with Gasteiger partial charge in [-0.1, -0.05) is 52.3 Å². The maximum atomic E-state index is 11.5. The van der Waals surface area contributed by atoms with Gasteiger partial charge in [-0.3, -0.25) is 0 Å². The van der Waals surface area contributed by atoms with Crippen LogP contribution in [0, 0.1) is 0 Å². The average Bonchev–Trinajstić information content (AvgIpc) is 2.90. The molecule has 2 aromatic rings. The number of nitrogens with one attached hydrogen (secondary N) is 2. The molecule has 0 aliphatic heterocycles. The van der Waals surface area contributed by atoms with Crippen LogP contribution in [0.15, 0.2) is 48.5 Å². The first-order valence-corrected chi connectivity index (χ1v) is 15.7. The lowest BCUT2D eigenvalue weighted by atomic mass is 10.1. The number of methoxy groups -OCH3 is 2. The predicted molar refractivity (Wildman–Crippen MR) is 179 cm³/mol. The second-order valence-corrected chi connectivity index (χ2v) is 12.5. The number of benzene rings is 2. The number of carbonyl (C=O) groups excluding carboxylic acids is 2. The molecule has 0 heterocycles. The highest BCUT2D eigenvalue weighted by Crippen LogP contribution is 2.09. The zero-order chi connectivity index (χ0) is 32.7. The van der Waals surface area contributed by atoms with Gasteiger partial charge in [0.2, 0.25) is 0 Å². The molecule has 0 aliphatic carbocycles. The van der Waals surface area contributed by atoms with Crippen molar-refractivity contribution in [3.63, 3.8) is 0 Å². The highest BCUT2D eigenvalue weighted by Gasteiger charge is 2.16. The zero-order valence-electron chi connectivity index (χ0n) is 27.4. The molecule has 0 atom stereocenters. The first kappa shape index (κ1) is 40.2. The maximum absolute atomic E-state index is 11.5. The van der Waals surface area contributed by atoms with Crippen molar-refractivity contribution in [2.24, 2.45) is 0 Å². The highest BCUT2D eigenvalue weighted by molar-refractivity contribution is 9.09. The molecular formula is C33H54BrN3O6. The summed E-state index contributed by atoms with van der Waals surface area (Å²) in [5, 5.41) is 6.41. The van der Waals surface area contributed by atoms with Gasteiger partial charge in [0.1, 0.15) is 11.2 Å². The van der Waals surface area contributed by atoms with E-state index in [2.05, 4.69) is 55.6 Å². The lowest BCUT2D eigenvalue weighted by Gasteiger charge is -2.19. The Morgan fingerprint density at radius 2 is 1.05 bits per heavy atom. The summed E-state index contributed by atoms with van der Waals surface area (Å²) in [4.78, 5) is 22.9. The average molecular weight is 669 g/mol. The molecule has 9 nitrogen and oxygen atoms in total. The van der Waals surface area contributed by atoms with Crippen LogP contribution in [0.25, 0.3) is 0 Å². The van der Waals surface area contributed by atoms with Gasteiger partial charge in [0.15, 0.2) is 0 Å². The number of rotatable bonds is 12. The minimum Gasteiger partial charge on any atom is -0.444 e. The molecule has 0 fully saturated rings. The molecule has 0 radical (unpaired) electrons. The van der Waals surface area contributed by atoms with Crippen molar-refractivity contribution in [1.82, 2.24) is 10.6 Å². The Labute approximate surface area is 267 Å². The normalized spacial score (nSPS) is 10.8.